The molecule has 0 aromatic heterocycles. The Kier molecular flexibility index (Phi) is 4.88. The smallest absolute Gasteiger partial charge is 0.129 e. The first-order chi connectivity index (χ1) is 9.92. The summed E-state index contributed by atoms with van der Waals surface area (Å²) < 4.78 is 40.3. The molecule has 2 aromatic carbocycles. The minimum absolute atomic E-state index is 0.0670. The molecule has 112 valence electrons. The van der Waals surface area contributed by atoms with Gasteiger partial charge in [0.1, 0.15) is 17.5 Å². The van der Waals surface area contributed by atoms with Crippen molar-refractivity contribution in [1.29, 1.82) is 0 Å². The zero-order chi connectivity index (χ0) is 15.6. The average molecular weight is 316 g/mol. The quantitative estimate of drug-likeness (QED) is 0.906. The number of halogens is 4. The number of aliphatic hydroxyl groups excluding tert-OH is 1. The molecule has 0 spiro atoms. The van der Waals surface area contributed by atoms with Crippen molar-refractivity contribution in [2.24, 2.45) is 5.73 Å². The Balaban J connectivity index is 2.42. The maximum absolute atomic E-state index is 13.8. The number of aliphatic hydroxyl groups is 1. The van der Waals surface area contributed by atoms with Crippen molar-refractivity contribution in [3.05, 3.63) is 70.0 Å². The Labute approximate surface area is 125 Å². The molecule has 0 saturated carbocycles. The van der Waals surface area contributed by atoms with Gasteiger partial charge in [0, 0.05) is 29.1 Å². The molecule has 2 nitrogen and oxygen atoms in total. The molecule has 0 fully saturated rings. The molecule has 0 heterocycles. The average Bonchev–Trinajstić information content (AvgIpc) is 2.41. The summed E-state index contributed by atoms with van der Waals surface area (Å²) in [6.07, 6.45) is -1.37. The van der Waals surface area contributed by atoms with Crippen molar-refractivity contribution < 1.29 is 18.3 Å². The maximum atomic E-state index is 13.8. The van der Waals surface area contributed by atoms with Gasteiger partial charge in [-0.05, 0) is 35.9 Å². The summed E-state index contributed by atoms with van der Waals surface area (Å²) in [5.74, 6) is -3.10. The van der Waals surface area contributed by atoms with E-state index < -0.39 is 29.5 Å². The van der Waals surface area contributed by atoms with E-state index in [2.05, 4.69) is 0 Å². The van der Waals surface area contributed by atoms with E-state index in [1.807, 2.05) is 0 Å². The van der Waals surface area contributed by atoms with E-state index in [0.717, 1.165) is 18.2 Å². The second-order valence-electron chi connectivity index (χ2n) is 4.66. The summed E-state index contributed by atoms with van der Waals surface area (Å²) in [5.41, 5.74) is 5.66. The molecule has 0 aliphatic rings. The highest BCUT2D eigenvalue weighted by molar-refractivity contribution is 6.30. The molecule has 2 rings (SSSR count). The van der Waals surface area contributed by atoms with Gasteiger partial charge in [-0.3, -0.25) is 0 Å². The molecule has 0 aliphatic carbocycles. The van der Waals surface area contributed by atoms with Gasteiger partial charge in [-0.1, -0.05) is 11.6 Å². The lowest BCUT2D eigenvalue weighted by Crippen LogP contribution is -2.21. The number of nitrogens with two attached hydrogens (primary N) is 1. The first-order valence-electron chi connectivity index (χ1n) is 6.21. The fraction of sp³-hybridized carbons (Fsp3) is 0.200. The molecular weight excluding hydrogens is 303 g/mol. The lowest BCUT2D eigenvalue weighted by molar-refractivity contribution is 0.143. The fourth-order valence-corrected chi connectivity index (χ4v) is 2.38. The van der Waals surface area contributed by atoms with Crippen LogP contribution in [-0.4, -0.2) is 11.7 Å². The van der Waals surface area contributed by atoms with Crippen LogP contribution in [0.4, 0.5) is 13.2 Å². The number of benzene rings is 2. The lowest BCUT2D eigenvalue weighted by Gasteiger charge is -2.23. The normalized spacial score (nSPS) is 14.0. The zero-order valence-electron chi connectivity index (χ0n) is 10.9. The number of rotatable bonds is 4. The molecule has 0 bridgehead atoms. The van der Waals surface area contributed by atoms with Crippen LogP contribution in [0, 0.1) is 17.5 Å². The fourth-order valence-electron chi connectivity index (χ4n) is 2.19. The molecule has 3 N–H and O–H groups in total. The Morgan fingerprint density at radius 1 is 1.05 bits per heavy atom. The summed E-state index contributed by atoms with van der Waals surface area (Å²) >= 11 is 5.78. The lowest BCUT2D eigenvalue weighted by atomic mass is 9.89. The predicted molar refractivity (Wildman–Crippen MR) is 74.5 cm³/mol. The summed E-state index contributed by atoms with van der Waals surface area (Å²) in [4.78, 5) is 0. The van der Waals surface area contributed by atoms with E-state index >= 15 is 0 Å². The van der Waals surface area contributed by atoms with Crippen molar-refractivity contribution in [2.75, 3.05) is 6.54 Å². The van der Waals surface area contributed by atoms with Crippen LogP contribution < -0.4 is 5.73 Å². The highest BCUT2D eigenvalue weighted by Gasteiger charge is 2.25. The van der Waals surface area contributed by atoms with Crippen LogP contribution >= 0.6 is 11.6 Å². The van der Waals surface area contributed by atoms with Crippen molar-refractivity contribution >= 4 is 11.6 Å². The standard InChI is InChI=1S/C15H13ClF3NO/c16-9-1-2-14(19)12(5-9)15(21)13(7-20)8-3-10(17)6-11(18)4-8/h1-6,13,15,21H,7,20H2. The molecule has 0 saturated heterocycles. The third kappa shape index (κ3) is 3.56. The minimum atomic E-state index is -1.37. The molecule has 0 amide bonds. The van der Waals surface area contributed by atoms with E-state index in [-0.39, 0.29) is 22.7 Å². The van der Waals surface area contributed by atoms with Crippen LogP contribution in [0.25, 0.3) is 0 Å². The Hall–Kier alpha value is -1.56. The van der Waals surface area contributed by atoms with E-state index in [1.165, 1.54) is 12.1 Å². The molecule has 21 heavy (non-hydrogen) atoms. The van der Waals surface area contributed by atoms with E-state index in [9.17, 15) is 18.3 Å². The third-order valence-corrected chi connectivity index (χ3v) is 3.46. The second kappa shape index (κ2) is 6.47. The SMILES string of the molecule is NCC(c1cc(F)cc(F)c1)C(O)c1cc(Cl)ccc1F. The zero-order valence-corrected chi connectivity index (χ0v) is 11.6. The van der Waals surface area contributed by atoms with Crippen LogP contribution in [0.5, 0.6) is 0 Å². The highest BCUT2D eigenvalue weighted by Crippen LogP contribution is 2.33. The number of hydrogen-bond donors (Lipinski definition) is 2. The van der Waals surface area contributed by atoms with Gasteiger partial charge in [-0.15, -0.1) is 0 Å². The van der Waals surface area contributed by atoms with E-state index in [0.29, 0.717) is 6.07 Å². The van der Waals surface area contributed by atoms with Gasteiger partial charge in [0.25, 0.3) is 0 Å². The molecule has 6 heteroatoms. The summed E-state index contributed by atoms with van der Waals surface area (Å²) in [5, 5.41) is 10.5. The first kappa shape index (κ1) is 15.8. The van der Waals surface area contributed by atoms with Crippen LogP contribution in [0.15, 0.2) is 36.4 Å². The maximum Gasteiger partial charge on any atom is 0.129 e. The van der Waals surface area contributed by atoms with Crippen molar-refractivity contribution in [3.8, 4) is 0 Å². The van der Waals surface area contributed by atoms with Gasteiger partial charge in [0.15, 0.2) is 0 Å². The van der Waals surface area contributed by atoms with Crippen LogP contribution in [0.3, 0.4) is 0 Å². The highest BCUT2D eigenvalue weighted by atomic mass is 35.5. The number of hydrogen-bond acceptors (Lipinski definition) is 2. The monoisotopic (exact) mass is 315 g/mol. The predicted octanol–water partition coefficient (Wildman–Crippen LogP) is 3.53. The van der Waals surface area contributed by atoms with Gasteiger partial charge < -0.3 is 10.8 Å². The Morgan fingerprint density at radius 2 is 1.67 bits per heavy atom. The van der Waals surface area contributed by atoms with Gasteiger partial charge in [0.05, 0.1) is 6.10 Å². The molecule has 0 radical (unpaired) electrons. The van der Waals surface area contributed by atoms with Gasteiger partial charge in [-0.2, -0.15) is 0 Å². The molecule has 0 aliphatic heterocycles. The van der Waals surface area contributed by atoms with Crippen LogP contribution in [0.2, 0.25) is 5.02 Å². The van der Waals surface area contributed by atoms with Gasteiger partial charge >= 0.3 is 0 Å². The summed E-state index contributed by atoms with van der Waals surface area (Å²) in [6.45, 7) is -0.115. The van der Waals surface area contributed by atoms with E-state index in [4.69, 9.17) is 17.3 Å². The van der Waals surface area contributed by atoms with Crippen LogP contribution in [-0.2, 0) is 0 Å². The van der Waals surface area contributed by atoms with Crippen LogP contribution in [0.1, 0.15) is 23.1 Å². The molecule has 2 unspecified atom stereocenters. The Morgan fingerprint density at radius 3 is 2.24 bits per heavy atom. The van der Waals surface area contributed by atoms with Crippen molar-refractivity contribution in [2.45, 2.75) is 12.0 Å². The molecule has 2 aromatic rings. The largest absolute Gasteiger partial charge is 0.388 e. The van der Waals surface area contributed by atoms with Gasteiger partial charge in [0.2, 0.25) is 0 Å². The topological polar surface area (TPSA) is 46.2 Å². The Bertz CT molecular complexity index is 631. The first-order valence-corrected chi connectivity index (χ1v) is 6.59. The molecular formula is C15H13ClF3NO. The summed E-state index contributed by atoms with van der Waals surface area (Å²) in [7, 11) is 0. The minimum Gasteiger partial charge on any atom is -0.388 e. The van der Waals surface area contributed by atoms with Gasteiger partial charge in [-0.25, -0.2) is 13.2 Å². The van der Waals surface area contributed by atoms with Crippen molar-refractivity contribution in [1.82, 2.24) is 0 Å². The van der Waals surface area contributed by atoms with Crippen molar-refractivity contribution in [3.63, 3.8) is 0 Å². The summed E-state index contributed by atoms with van der Waals surface area (Å²) in [6, 6.07) is 6.55. The molecule has 2 atom stereocenters. The van der Waals surface area contributed by atoms with E-state index in [1.54, 1.807) is 0 Å². The second-order valence-corrected chi connectivity index (χ2v) is 5.09. The third-order valence-electron chi connectivity index (χ3n) is 3.22.